The zero-order chi connectivity index (χ0) is 10.0. The minimum atomic E-state index is 0.0997. The Morgan fingerprint density at radius 2 is 1.92 bits per heavy atom. The van der Waals surface area contributed by atoms with Gasteiger partial charge in [-0.05, 0) is 38.0 Å². The standard InChI is InChI=1S/C11H14O2/c1-4-7(2)11-8(3)5-9(12)6-10(11)13/h4-6,12-13H,1-3H3/b7-4+. The molecule has 2 nitrogen and oxygen atoms in total. The summed E-state index contributed by atoms with van der Waals surface area (Å²) >= 11 is 0. The van der Waals surface area contributed by atoms with Crippen molar-refractivity contribution in [1.29, 1.82) is 0 Å². The minimum Gasteiger partial charge on any atom is -0.508 e. The molecule has 70 valence electrons. The molecule has 0 heterocycles. The van der Waals surface area contributed by atoms with Crippen LogP contribution in [0.4, 0.5) is 0 Å². The van der Waals surface area contributed by atoms with Gasteiger partial charge in [0.2, 0.25) is 0 Å². The zero-order valence-corrected chi connectivity index (χ0v) is 8.13. The summed E-state index contributed by atoms with van der Waals surface area (Å²) in [6, 6.07) is 3.00. The maximum Gasteiger partial charge on any atom is 0.127 e. The van der Waals surface area contributed by atoms with Gasteiger partial charge in [-0.25, -0.2) is 0 Å². The van der Waals surface area contributed by atoms with Crippen LogP contribution < -0.4 is 0 Å². The summed E-state index contributed by atoms with van der Waals surface area (Å²) in [5.41, 5.74) is 2.70. The van der Waals surface area contributed by atoms with E-state index in [0.717, 1.165) is 16.7 Å². The number of hydrogen-bond acceptors (Lipinski definition) is 2. The molecule has 1 aromatic carbocycles. The third kappa shape index (κ3) is 1.83. The van der Waals surface area contributed by atoms with Crippen LogP contribution in [0, 0.1) is 6.92 Å². The molecule has 13 heavy (non-hydrogen) atoms. The SMILES string of the molecule is C/C=C(\C)c1c(C)cc(O)cc1O. The quantitative estimate of drug-likeness (QED) is 0.694. The zero-order valence-electron chi connectivity index (χ0n) is 8.13. The lowest BCUT2D eigenvalue weighted by molar-refractivity contribution is 0.448. The number of aromatic hydroxyl groups is 2. The van der Waals surface area contributed by atoms with Crippen molar-refractivity contribution in [3.8, 4) is 11.5 Å². The number of phenols is 2. The third-order valence-electron chi connectivity index (χ3n) is 2.13. The lowest BCUT2D eigenvalue weighted by Crippen LogP contribution is -1.86. The van der Waals surface area contributed by atoms with E-state index in [2.05, 4.69) is 0 Å². The van der Waals surface area contributed by atoms with E-state index < -0.39 is 0 Å². The van der Waals surface area contributed by atoms with Crippen LogP contribution in [0.3, 0.4) is 0 Å². The summed E-state index contributed by atoms with van der Waals surface area (Å²) in [4.78, 5) is 0. The molecule has 0 aromatic heterocycles. The predicted molar refractivity (Wildman–Crippen MR) is 53.8 cm³/mol. The lowest BCUT2D eigenvalue weighted by atomic mass is 10.0. The van der Waals surface area contributed by atoms with Gasteiger partial charge in [-0.15, -0.1) is 0 Å². The van der Waals surface area contributed by atoms with Gasteiger partial charge in [-0.2, -0.15) is 0 Å². The van der Waals surface area contributed by atoms with Crippen molar-refractivity contribution in [3.05, 3.63) is 29.3 Å². The van der Waals surface area contributed by atoms with Crippen molar-refractivity contribution >= 4 is 5.57 Å². The Morgan fingerprint density at radius 1 is 1.31 bits per heavy atom. The number of phenolic OH excluding ortho intramolecular Hbond substituents is 2. The Bertz CT molecular complexity index is 328. The van der Waals surface area contributed by atoms with Crippen molar-refractivity contribution in [2.75, 3.05) is 0 Å². The first-order valence-electron chi connectivity index (χ1n) is 4.22. The van der Waals surface area contributed by atoms with Crippen LogP contribution in [0.1, 0.15) is 25.0 Å². The first-order chi connectivity index (χ1) is 6.06. The average Bonchev–Trinajstić information content (AvgIpc) is 2.02. The normalized spacial score (nSPS) is 11.8. The molecule has 1 aromatic rings. The molecular formula is C11H14O2. The maximum absolute atomic E-state index is 9.57. The second-order valence-corrected chi connectivity index (χ2v) is 3.13. The van der Waals surface area contributed by atoms with Crippen LogP contribution >= 0.6 is 0 Å². The number of allylic oxidation sites excluding steroid dienone is 2. The Balaban J connectivity index is 3.37. The van der Waals surface area contributed by atoms with Crippen LogP contribution in [0.25, 0.3) is 5.57 Å². The Morgan fingerprint density at radius 3 is 2.38 bits per heavy atom. The summed E-state index contributed by atoms with van der Waals surface area (Å²) in [6.45, 7) is 5.71. The van der Waals surface area contributed by atoms with Gasteiger partial charge in [-0.3, -0.25) is 0 Å². The predicted octanol–water partition coefficient (Wildman–Crippen LogP) is 2.83. The Labute approximate surface area is 78.2 Å². The van der Waals surface area contributed by atoms with Crippen molar-refractivity contribution in [2.45, 2.75) is 20.8 Å². The highest BCUT2D eigenvalue weighted by Crippen LogP contribution is 2.31. The summed E-state index contributed by atoms with van der Waals surface area (Å²) in [6.07, 6.45) is 1.93. The summed E-state index contributed by atoms with van der Waals surface area (Å²) in [5, 5.41) is 18.8. The molecule has 0 saturated carbocycles. The topological polar surface area (TPSA) is 40.5 Å². The van der Waals surface area contributed by atoms with Gasteiger partial charge in [0.05, 0.1) is 0 Å². The van der Waals surface area contributed by atoms with E-state index in [4.69, 9.17) is 0 Å². The highest BCUT2D eigenvalue weighted by atomic mass is 16.3. The van der Waals surface area contributed by atoms with Crippen molar-refractivity contribution in [1.82, 2.24) is 0 Å². The molecular weight excluding hydrogens is 164 g/mol. The van der Waals surface area contributed by atoms with Crippen molar-refractivity contribution < 1.29 is 10.2 Å². The molecule has 2 N–H and O–H groups in total. The molecule has 0 aliphatic heterocycles. The molecule has 0 aliphatic rings. The van der Waals surface area contributed by atoms with E-state index in [1.54, 1.807) is 6.07 Å². The molecule has 0 fully saturated rings. The molecule has 0 bridgehead atoms. The molecule has 2 heteroatoms. The van der Waals surface area contributed by atoms with Crippen LogP contribution in [-0.4, -0.2) is 10.2 Å². The first-order valence-corrected chi connectivity index (χ1v) is 4.22. The number of rotatable bonds is 1. The van der Waals surface area contributed by atoms with E-state index in [-0.39, 0.29) is 11.5 Å². The van der Waals surface area contributed by atoms with E-state index in [1.165, 1.54) is 6.07 Å². The maximum atomic E-state index is 9.57. The smallest absolute Gasteiger partial charge is 0.127 e. The molecule has 1 rings (SSSR count). The highest BCUT2D eigenvalue weighted by Gasteiger charge is 2.07. The van der Waals surface area contributed by atoms with E-state index in [0.29, 0.717) is 0 Å². The number of aryl methyl sites for hydroxylation is 1. The van der Waals surface area contributed by atoms with Crippen LogP contribution in [0.2, 0.25) is 0 Å². The van der Waals surface area contributed by atoms with E-state index >= 15 is 0 Å². The Kier molecular flexibility index (Phi) is 2.61. The van der Waals surface area contributed by atoms with E-state index in [1.807, 2.05) is 26.8 Å². The fourth-order valence-corrected chi connectivity index (χ4v) is 1.41. The third-order valence-corrected chi connectivity index (χ3v) is 2.13. The van der Waals surface area contributed by atoms with Gasteiger partial charge in [0.15, 0.2) is 0 Å². The Hall–Kier alpha value is -1.44. The van der Waals surface area contributed by atoms with Crippen LogP contribution in [-0.2, 0) is 0 Å². The molecule has 0 unspecified atom stereocenters. The molecule has 0 amide bonds. The van der Waals surface area contributed by atoms with Gasteiger partial charge in [-0.1, -0.05) is 6.08 Å². The van der Waals surface area contributed by atoms with Crippen LogP contribution in [0.15, 0.2) is 18.2 Å². The molecule has 0 spiro atoms. The van der Waals surface area contributed by atoms with E-state index in [9.17, 15) is 10.2 Å². The second-order valence-electron chi connectivity index (χ2n) is 3.13. The fraction of sp³-hybridized carbons (Fsp3) is 0.273. The minimum absolute atomic E-state index is 0.0997. The van der Waals surface area contributed by atoms with Gasteiger partial charge in [0.1, 0.15) is 11.5 Å². The number of benzene rings is 1. The first kappa shape index (κ1) is 9.65. The summed E-state index contributed by atoms with van der Waals surface area (Å²) in [5.74, 6) is 0.232. The van der Waals surface area contributed by atoms with Gasteiger partial charge < -0.3 is 10.2 Å². The molecule has 0 saturated heterocycles. The highest BCUT2D eigenvalue weighted by molar-refractivity contribution is 5.72. The molecule has 0 aliphatic carbocycles. The van der Waals surface area contributed by atoms with Crippen molar-refractivity contribution in [3.63, 3.8) is 0 Å². The summed E-state index contributed by atoms with van der Waals surface area (Å²) < 4.78 is 0. The van der Waals surface area contributed by atoms with Gasteiger partial charge >= 0.3 is 0 Å². The molecule has 0 radical (unpaired) electrons. The second kappa shape index (κ2) is 3.52. The fourth-order valence-electron chi connectivity index (χ4n) is 1.41. The average molecular weight is 178 g/mol. The lowest BCUT2D eigenvalue weighted by Gasteiger charge is -2.08. The number of hydrogen-bond donors (Lipinski definition) is 2. The monoisotopic (exact) mass is 178 g/mol. The van der Waals surface area contributed by atoms with Crippen molar-refractivity contribution in [2.24, 2.45) is 0 Å². The largest absolute Gasteiger partial charge is 0.508 e. The molecule has 0 atom stereocenters. The van der Waals surface area contributed by atoms with Gasteiger partial charge in [0, 0.05) is 11.6 Å². The summed E-state index contributed by atoms with van der Waals surface area (Å²) in [7, 11) is 0. The van der Waals surface area contributed by atoms with Gasteiger partial charge in [0.25, 0.3) is 0 Å². The van der Waals surface area contributed by atoms with Crippen LogP contribution in [0.5, 0.6) is 11.5 Å².